The lowest BCUT2D eigenvalue weighted by molar-refractivity contribution is 0.102. The number of phenols is 2. The molecule has 0 aromatic heterocycles. The first-order valence-corrected chi connectivity index (χ1v) is 6.09. The predicted molar refractivity (Wildman–Crippen MR) is 78.1 cm³/mol. The zero-order chi connectivity index (χ0) is 14.9. The van der Waals surface area contributed by atoms with Crippen LogP contribution in [0.1, 0.15) is 21.5 Å². The van der Waals surface area contributed by atoms with E-state index in [9.17, 15) is 15.0 Å². The van der Waals surface area contributed by atoms with Crippen molar-refractivity contribution in [2.45, 2.75) is 13.8 Å². The summed E-state index contributed by atoms with van der Waals surface area (Å²) >= 11 is 0. The van der Waals surface area contributed by atoms with E-state index in [-0.39, 0.29) is 17.1 Å². The van der Waals surface area contributed by atoms with Crippen LogP contribution in [0.4, 0.5) is 11.4 Å². The molecular weight excluding hydrogens is 256 g/mol. The minimum Gasteiger partial charge on any atom is -0.508 e. The molecule has 2 aromatic rings. The number of carbonyl (C=O) groups excluding carboxylic acids is 1. The number of carbonyl (C=O) groups is 1. The Kier molecular flexibility index (Phi) is 3.52. The van der Waals surface area contributed by atoms with Crippen molar-refractivity contribution < 1.29 is 15.0 Å². The molecule has 0 saturated heterocycles. The van der Waals surface area contributed by atoms with Gasteiger partial charge >= 0.3 is 0 Å². The number of hydrogen-bond acceptors (Lipinski definition) is 4. The summed E-state index contributed by atoms with van der Waals surface area (Å²) in [4.78, 5) is 12.2. The fourth-order valence-electron chi connectivity index (χ4n) is 1.95. The molecule has 0 fully saturated rings. The third-order valence-corrected chi connectivity index (χ3v) is 3.18. The number of amides is 1. The van der Waals surface area contributed by atoms with Crippen LogP contribution in [-0.4, -0.2) is 16.1 Å². The molecule has 0 atom stereocenters. The molecule has 2 rings (SSSR count). The van der Waals surface area contributed by atoms with Gasteiger partial charge in [0.15, 0.2) is 0 Å². The Hall–Kier alpha value is -2.69. The molecule has 1 amide bonds. The molecule has 20 heavy (non-hydrogen) atoms. The van der Waals surface area contributed by atoms with Crippen LogP contribution in [0.3, 0.4) is 0 Å². The second-order valence-electron chi connectivity index (χ2n) is 4.63. The molecule has 0 heterocycles. The highest BCUT2D eigenvalue weighted by Gasteiger charge is 2.14. The summed E-state index contributed by atoms with van der Waals surface area (Å²) in [6.07, 6.45) is 0. The Morgan fingerprint density at radius 1 is 1.15 bits per heavy atom. The minimum atomic E-state index is -0.459. The van der Waals surface area contributed by atoms with Crippen LogP contribution >= 0.6 is 0 Å². The quantitative estimate of drug-likeness (QED) is 0.632. The van der Waals surface area contributed by atoms with Crippen molar-refractivity contribution in [2.75, 3.05) is 11.1 Å². The highest BCUT2D eigenvalue weighted by Crippen LogP contribution is 2.28. The maximum Gasteiger partial charge on any atom is 0.259 e. The number of aryl methyl sites for hydroxylation is 1. The van der Waals surface area contributed by atoms with Gasteiger partial charge in [-0.15, -0.1) is 0 Å². The van der Waals surface area contributed by atoms with Crippen molar-refractivity contribution in [3.05, 3.63) is 47.0 Å². The van der Waals surface area contributed by atoms with Gasteiger partial charge in [-0.1, -0.05) is 6.07 Å². The average Bonchev–Trinajstić information content (AvgIpc) is 2.39. The molecule has 0 saturated carbocycles. The molecule has 0 unspecified atom stereocenters. The van der Waals surface area contributed by atoms with Gasteiger partial charge in [0, 0.05) is 17.4 Å². The fraction of sp³-hybridized carbons (Fsp3) is 0.133. The van der Waals surface area contributed by atoms with E-state index in [0.29, 0.717) is 11.4 Å². The van der Waals surface area contributed by atoms with E-state index in [4.69, 9.17) is 5.73 Å². The average molecular weight is 272 g/mol. The molecule has 0 aliphatic heterocycles. The predicted octanol–water partition coefficient (Wildman–Crippen LogP) is 2.55. The first-order valence-electron chi connectivity index (χ1n) is 6.09. The number of aromatic hydroxyl groups is 2. The van der Waals surface area contributed by atoms with Gasteiger partial charge in [-0.05, 0) is 43.2 Å². The van der Waals surface area contributed by atoms with E-state index < -0.39 is 5.91 Å². The zero-order valence-electron chi connectivity index (χ0n) is 11.3. The monoisotopic (exact) mass is 272 g/mol. The molecule has 0 spiro atoms. The van der Waals surface area contributed by atoms with E-state index in [1.165, 1.54) is 12.1 Å². The van der Waals surface area contributed by atoms with Crippen molar-refractivity contribution in [1.29, 1.82) is 0 Å². The number of nitrogen functional groups attached to an aromatic ring is 1. The summed E-state index contributed by atoms with van der Waals surface area (Å²) in [6.45, 7) is 3.67. The minimum absolute atomic E-state index is 0.0871. The molecule has 0 aliphatic carbocycles. The largest absolute Gasteiger partial charge is 0.508 e. The third kappa shape index (κ3) is 2.51. The Bertz CT molecular complexity index is 681. The van der Waals surface area contributed by atoms with E-state index in [1.807, 2.05) is 19.9 Å². The molecule has 2 aromatic carbocycles. The summed E-state index contributed by atoms with van der Waals surface area (Å²) in [5, 5.41) is 21.6. The number of rotatable bonds is 2. The summed E-state index contributed by atoms with van der Waals surface area (Å²) in [5.74, 6) is -0.837. The first kappa shape index (κ1) is 13.7. The lowest BCUT2D eigenvalue weighted by Crippen LogP contribution is -2.14. The van der Waals surface area contributed by atoms with Gasteiger partial charge < -0.3 is 21.3 Å². The van der Waals surface area contributed by atoms with Crippen molar-refractivity contribution in [2.24, 2.45) is 0 Å². The fourth-order valence-corrected chi connectivity index (χ4v) is 1.95. The van der Waals surface area contributed by atoms with Crippen LogP contribution in [-0.2, 0) is 0 Å². The molecule has 5 nitrogen and oxygen atoms in total. The molecule has 5 heteroatoms. The number of nitrogens with two attached hydrogens (primary N) is 1. The zero-order valence-corrected chi connectivity index (χ0v) is 11.3. The second-order valence-corrected chi connectivity index (χ2v) is 4.63. The molecule has 0 bridgehead atoms. The van der Waals surface area contributed by atoms with Gasteiger partial charge in [-0.2, -0.15) is 0 Å². The van der Waals surface area contributed by atoms with Crippen molar-refractivity contribution in [1.82, 2.24) is 0 Å². The van der Waals surface area contributed by atoms with Crippen LogP contribution in [0.15, 0.2) is 30.3 Å². The summed E-state index contributed by atoms with van der Waals surface area (Å²) in [6, 6.07) is 7.41. The molecular formula is C15H16N2O3. The Labute approximate surface area is 116 Å². The summed E-state index contributed by atoms with van der Waals surface area (Å²) in [7, 11) is 0. The van der Waals surface area contributed by atoms with E-state index >= 15 is 0 Å². The third-order valence-electron chi connectivity index (χ3n) is 3.18. The van der Waals surface area contributed by atoms with Gasteiger partial charge in [-0.3, -0.25) is 4.79 Å². The second kappa shape index (κ2) is 5.13. The molecule has 5 N–H and O–H groups in total. The standard InChI is InChI=1S/C15H16N2O3/c1-8-3-6-12(16)9(2)14(8)17-15(20)11-5-4-10(18)7-13(11)19/h3-7,18-19H,16H2,1-2H3,(H,17,20). The Morgan fingerprint density at radius 2 is 1.85 bits per heavy atom. The van der Waals surface area contributed by atoms with Gasteiger partial charge in [-0.25, -0.2) is 0 Å². The van der Waals surface area contributed by atoms with Crippen LogP contribution < -0.4 is 11.1 Å². The van der Waals surface area contributed by atoms with Crippen molar-refractivity contribution in [3.63, 3.8) is 0 Å². The number of nitrogens with one attached hydrogen (secondary N) is 1. The van der Waals surface area contributed by atoms with Gasteiger partial charge in [0.1, 0.15) is 11.5 Å². The van der Waals surface area contributed by atoms with Crippen LogP contribution in [0, 0.1) is 13.8 Å². The maximum absolute atomic E-state index is 12.2. The lowest BCUT2D eigenvalue weighted by Gasteiger charge is -2.14. The van der Waals surface area contributed by atoms with Gasteiger partial charge in [0.25, 0.3) is 5.91 Å². The summed E-state index contributed by atoms with van der Waals surface area (Å²) < 4.78 is 0. The van der Waals surface area contributed by atoms with Crippen molar-refractivity contribution in [3.8, 4) is 11.5 Å². The Morgan fingerprint density at radius 3 is 2.50 bits per heavy atom. The smallest absolute Gasteiger partial charge is 0.259 e. The molecule has 0 radical (unpaired) electrons. The van der Waals surface area contributed by atoms with Crippen LogP contribution in [0.2, 0.25) is 0 Å². The first-order chi connectivity index (χ1) is 9.40. The van der Waals surface area contributed by atoms with Crippen LogP contribution in [0.25, 0.3) is 0 Å². The summed E-state index contributed by atoms with van der Waals surface area (Å²) in [5.41, 5.74) is 8.77. The topological polar surface area (TPSA) is 95.6 Å². The SMILES string of the molecule is Cc1ccc(N)c(C)c1NC(=O)c1ccc(O)cc1O. The highest BCUT2D eigenvalue weighted by molar-refractivity contribution is 6.07. The normalized spacial score (nSPS) is 10.3. The van der Waals surface area contributed by atoms with Crippen molar-refractivity contribution >= 4 is 17.3 Å². The maximum atomic E-state index is 12.2. The van der Waals surface area contributed by atoms with E-state index in [2.05, 4.69) is 5.32 Å². The molecule has 0 aliphatic rings. The number of hydrogen-bond donors (Lipinski definition) is 4. The number of anilines is 2. The number of benzene rings is 2. The molecule has 104 valence electrons. The van der Waals surface area contributed by atoms with Gasteiger partial charge in [0.2, 0.25) is 0 Å². The Balaban J connectivity index is 2.35. The lowest BCUT2D eigenvalue weighted by atomic mass is 10.1. The number of phenolic OH excluding ortho intramolecular Hbond substituents is 2. The van der Waals surface area contributed by atoms with E-state index in [1.54, 1.807) is 6.07 Å². The highest BCUT2D eigenvalue weighted by atomic mass is 16.3. The van der Waals surface area contributed by atoms with Gasteiger partial charge in [0.05, 0.1) is 5.56 Å². The van der Waals surface area contributed by atoms with E-state index in [0.717, 1.165) is 17.2 Å². The van der Waals surface area contributed by atoms with Crippen LogP contribution in [0.5, 0.6) is 11.5 Å².